The highest BCUT2D eigenvalue weighted by atomic mass is 16.5. The van der Waals surface area contributed by atoms with E-state index in [0.29, 0.717) is 11.5 Å². The minimum absolute atomic E-state index is 0.647. The van der Waals surface area contributed by atoms with E-state index in [2.05, 4.69) is 10.2 Å². The smallest absolute Gasteiger partial charge is 0.161 e. The maximum atomic E-state index is 5.52. The summed E-state index contributed by atoms with van der Waals surface area (Å²) in [6.07, 6.45) is 0. The standard InChI is InChI=1S/C26H24N2O4/c1-29-20-10-5-17(6-11-20)23-16-22(19-9-14-24(31-3)25(15-19)32-4)26(28-27-23)18-7-12-21(30-2)13-8-18/h5-16H,1-4H3. The molecule has 32 heavy (non-hydrogen) atoms. The molecule has 0 aliphatic carbocycles. The van der Waals surface area contributed by atoms with Crippen LogP contribution in [0.3, 0.4) is 0 Å². The molecular weight excluding hydrogens is 404 g/mol. The van der Waals surface area contributed by atoms with Gasteiger partial charge < -0.3 is 18.9 Å². The lowest BCUT2D eigenvalue weighted by Gasteiger charge is -2.14. The third-order valence-electron chi connectivity index (χ3n) is 5.24. The second-order valence-corrected chi connectivity index (χ2v) is 7.02. The van der Waals surface area contributed by atoms with Crippen LogP contribution in [0.25, 0.3) is 33.6 Å². The summed E-state index contributed by atoms with van der Waals surface area (Å²) in [5.74, 6) is 2.88. The van der Waals surface area contributed by atoms with Crippen LogP contribution in [-0.4, -0.2) is 38.6 Å². The van der Waals surface area contributed by atoms with Gasteiger partial charge in [0.05, 0.1) is 34.1 Å². The molecule has 4 aromatic rings. The molecule has 0 amide bonds. The highest BCUT2D eigenvalue weighted by Crippen LogP contribution is 2.38. The molecule has 0 aliphatic rings. The Hall–Kier alpha value is -4.06. The Morgan fingerprint density at radius 2 is 1.06 bits per heavy atom. The van der Waals surface area contributed by atoms with Gasteiger partial charge in [0.25, 0.3) is 0 Å². The van der Waals surface area contributed by atoms with Crippen LogP contribution in [0.5, 0.6) is 23.0 Å². The zero-order chi connectivity index (χ0) is 22.5. The van der Waals surface area contributed by atoms with Gasteiger partial charge in [-0.25, -0.2) is 0 Å². The first-order chi connectivity index (χ1) is 15.7. The number of nitrogens with zero attached hydrogens (tertiary/aromatic N) is 2. The number of aromatic nitrogens is 2. The second kappa shape index (κ2) is 9.39. The van der Waals surface area contributed by atoms with Gasteiger partial charge in [0.15, 0.2) is 11.5 Å². The lowest BCUT2D eigenvalue weighted by molar-refractivity contribution is 0.355. The quantitative estimate of drug-likeness (QED) is 0.387. The highest BCUT2D eigenvalue weighted by molar-refractivity contribution is 5.84. The largest absolute Gasteiger partial charge is 0.497 e. The average molecular weight is 428 g/mol. The number of rotatable bonds is 7. The third-order valence-corrected chi connectivity index (χ3v) is 5.24. The van der Waals surface area contributed by atoms with Gasteiger partial charge in [-0.3, -0.25) is 0 Å². The Bertz CT molecular complexity index is 1210. The van der Waals surface area contributed by atoms with E-state index in [1.165, 1.54) is 0 Å². The van der Waals surface area contributed by atoms with E-state index < -0.39 is 0 Å². The number of hydrogen-bond donors (Lipinski definition) is 0. The Balaban J connectivity index is 1.87. The van der Waals surface area contributed by atoms with Crippen LogP contribution in [0.2, 0.25) is 0 Å². The summed E-state index contributed by atoms with van der Waals surface area (Å²) >= 11 is 0. The van der Waals surface area contributed by atoms with Gasteiger partial charge in [-0.2, -0.15) is 0 Å². The molecule has 6 heteroatoms. The Morgan fingerprint density at radius 1 is 0.500 bits per heavy atom. The lowest BCUT2D eigenvalue weighted by Crippen LogP contribution is -1.97. The molecule has 162 valence electrons. The summed E-state index contributed by atoms with van der Waals surface area (Å²) in [7, 11) is 6.54. The SMILES string of the molecule is COc1ccc(-c2cc(-c3ccc(OC)c(OC)c3)c(-c3ccc(OC)cc3)nn2)cc1. The van der Waals surface area contributed by atoms with Crippen molar-refractivity contribution in [2.45, 2.75) is 0 Å². The van der Waals surface area contributed by atoms with E-state index in [4.69, 9.17) is 18.9 Å². The summed E-state index contributed by atoms with van der Waals surface area (Å²) in [4.78, 5) is 0. The number of hydrogen-bond acceptors (Lipinski definition) is 6. The lowest BCUT2D eigenvalue weighted by atomic mass is 9.97. The predicted molar refractivity (Wildman–Crippen MR) is 125 cm³/mol. The van der Waals surface area contributed by atoms with Gasteiger partial charge >= 0.3 is 0 Å². The molecule has 0 bridgehead atoms. The molecule has 3 aromatic carbocycles. The molecule has 0 atom stereocenters. The van der Waals surface area contributed by atoms with Crippen LogP contribution in [0.15, 0.2) is 72.8 Å². The minimum atomic E-state index is 0.647. The van der Waals surface area contributed by atoms with Crippen LogP contribution in [-0.2, 0) is 0 Å². The Labute approximate surface area is 187 Å². The summed E-state index contributed by atoms with van der Waals surface area (Å²) < 4.78 is 21.5. The van der Waals surface area contributed by atoms with Gasteiger partial charge in [-0.05, 0) is 72.3 Å². The van der Waals surface area contributed by atoms with Crippen molar-refractivity contribution in [2.24, 2.45) is 0 Å². The predicted octanol–water partition coefficient (Wildman–Crippen LogP) is 5.51. The Kier molecular flexibility index (Phi) is 6.22. The van der Waals surface area contributed by atoms with Crippen LogP contribution >= 0.6 is 0 Å². The van der Waals surface area contributed by atoms with Gasteiger partial charge in [0.1, 0.15) is 17.2 Å². The topological polar surface area (TPSA) is 62.7 Å². The molecule has 1 aromatic heterocycles. The molecule has 0 fully saturated rings. The molecule has 0 aliphatic heterocycles. The third kappa shape index (κ3) is 4.21. The van der Waals surface area contributed by atoms with Crippen molar-refractivity contribution in [2.75, 3.05) is 28.4 Å². The first-order valence-electron chi connectivity index (χ1n) is 10.1. The summed E-state index contributed by atoms with van der Waals surface area (Å²) in [6, 6.07) is 23.4. The van der Waals surface area contributed by atoms with Crippen molar-refractivity contribution in [3.8, 4) is 56.6 Å². The Morgan fingerprint density at radius 3 is 1.62 bits per heavy atom. The van der Waals surface area contributed by atoms with Crippen molar-refractivity contribution in [3.63, 3.8) is 0 Å². The van der Waals surface area contributed by atoms with Crippen LogP contribution in [0.4, 0.5) is 0 Å². The minimum Gasteiger partial charge on any atom is -0.497 e. The first kappa shape index (κ1) is 21.2. The molecule has 0 spiro atoms. The van der Waals surface area contributed by atoms with E-state index in [9.17, 15) is 0 Å². The fourth-order valence-electron chi connectivity index (χ4n) is 3.48. The fourth-order valence-corrected chi connectivity index (χ4v) is 3.48. The molecule has 0 unspecified atom stereocenters. The van der Waals surface area contributed by atoms with Crippen LogP contribution in [0, 0.1) is 0 Å². The average Bonchev–Trinajstić information content (AvgIpc) is 2.88. The normalized spacial score (nSPS) is 10.5. The molecular formula is C26H24N2O4. The van der Waals surface area contributed by atoms with Gasteiger partial charge in [0, 0.05) is 16.7 Å². The zero-order valence-electron chi connectivity index (χ0n) is 18.5. The molecule has 4 rings (SSSR count). The van der Waals surface area contributed by atoms with E-state index in [1.807, 2.05) is 72.8 Å². The van der Waals surface area contributed by atoms with Crippen molar-refractivity contribution in [1.82, 2.24) is 10.2 Å². The molecule has 1 heterocycles. The van der Waals surface area contributed by atoms with Gasteiger partial charge in [0.2, 0.25) is 0 Å². The van der Waals surface area contributed by atoms with E-state index in [-0.39, 0.29) is 0 Å². The molecule has 6 nitrogen and oxygen atoms in total. The number of benzene rings is 3. The van der Waals surface area contributed by atoms with Crippen molar-refractivity contribution < 1.29 is 18.9 Å². The van der Waals surface area contributed by atoms with E-state index in [1.54, 1.807) is 28.4 Å². The maximum Gasteiger partial charge on any atom is 0.161 e. The van der Waals surface area contributed by atoms with Crippen molar-refractivity contribution in [1.29, 1.82) is 0 Å². The maximum absolute atomic E-state index is 5.52. The zero-order valence-corrected chi connectivity index (χ0v) is 18.5. The second-order valence-electron chi connectivity index (χ2n) is 7.02. The van der Waals surface area contributed by atoms with E-state index >= 15 is 0 Å². The summed E-state index contributed by atoms with van der Waals surface area (Å²) in [5, 5.41) is 9.11. The summed E-state index contributed by atoms with van der Waals surface area (Å²) in [6.45, 7) is 0. The number of methoxy groups -OCH3 is 4. The van der Waals surface area contributed by atoms with Crippen molar-refractivity contribution >= 4 is 0 Å². The molecule has 0 radical (unpaired) electrons. The van der Waals surface area contributed by atoms with Gasteiger partial charge in [-0.1, -0.05) is 6.07 Å². The fraction of sp³-hybridized carbons (Fsp3) is 0.154. The van der Waals surface area contributed by atoms with Crippen molar-refractivity contribution in [3.05, 3.63) is 72.8 Å². The summed E-state index contributed by atoms with van der Waals surface area (Å²) in [5.41, 5.74) is 5.27. The van der Waals surface area contributed by atoms with Crippen LogP contribution < -0.4 is 18.9 Å². The first-order valence-corrected chi connectivity index (χ1v) is 10.1. The molecule has 0 saturated heterocycles. The molecule has 0 N–H and O–H groups in total. The number of ether oxygens (including phenoxy) is 4. The van der Waals surface area contributed by atoms with Gasteiger partial charge in [-0.15, -0.1) is 10.2 Å². The highest BCUT2D eigenvalue weighted by Gasteiger charge is 2.15. The van der Waals surface area contributed by atoms with E-state index in [0.717, 1.165) is 45.1 Å². The molecule has 0 saturated carbocycles. The monoisotopic (exact) mass is 428 g/mol. The van der Waals surface area contributed by atoms with Crippen LogP contribution in [0.1, 0.15) is 0 Å².